The first-order valence-electron chi connectivity index (χ1n) is 6.86. The molecular weight excluding hydrogens is 292 g/mol. The second-order valence-electron chi connectivity index (χ2n) is 5.16. The summed E-state index contributed by atoms with van der Waals surface area (Å²) in [5.74, 6) is 0.352. The number of sulfonamides is 1. The second kappa shape index (κ2) is 6.74. The van der Waals surface area contributed by atoms with Gasteiger partial charge in [-0.2, -0.15) is 0 Å². The largest absolute Gasteiger partial charge is 0.495 e. The molecular formula is C14H22N2O4S. The van der Waals surface area contributed by atoms with E-state index in [1.807, 2.05) is 13.1 Å². The average molecular weight is 314 g/mol. The highest BCUT2D eigenvalue weighted by molar-refractivity contribution is 7.89. The normalized spacial score (nSPS) is 21.9. The van der Waals surface area contributed by atoms with Crippen LogP contribution in [0.1, 0.15) is 18.4 Å². The first kappa shape index (κ1) is 16.2. The quantitative estimate of drug-likeness (QED) is 0.781. The molecule has 0 unspecified atom stereocenters. The lowest BCUT2D eigenvalue weighted by atomic mass is 9.90. The number of ether oxygens (including phenoxy) is 2. The minimum atomic E-state index is -3.59. The second-order valence-corrected chi connectivity index (χ2v) is 6.85. The molecule has 0 spiro atoms. The highest BCUT2D eigenvalue weighted by Gasteiger charge is 2.33. The van der Waals surface area contributed by atoms with Gasteiger partial charge in [0.2, 0.25) is 10.0 Å². The molecule has 21 heavy (non-hydrogen) atoms. The molecule has 0 bridgehead atoms. The molecule has 0 saturated heterocycles. The number of benzene rings is 1. The van der Waals surface area contributed by atoms with E-state index in [2.05, 4.69) is 10.0 Å². The van der Waals surface area contributed by atoms with Gasteiger partial charge < -0.3 is 14.8 Å². The highest BCUT2D eigenvalue weighted by atomic mass is 32.2. The average Bonchev–Trinajstić information content (AvgIpc) is 2.42. The smallest absolute Gasteiger partial charge is 0.244 e. The van der Waals surface area contributed by atoms with E-state index in [1.165, 1.54) is 7.11 Å². The van der Waals surface area contributed by atoms with E-state index >= 15 is 0 Å². The number of nitrogens with one attached hydrogen (secondary N) is 2. The van der Waals surface area contributed by atoms with Crippen molar-refractivity contribution >= 4 is 10.0 Å². The van der Waals surface area contributed by atoms with Crippen LogP contribution in [-0.4, -0.2) is 41.8 Å². The van der Waals surface area contributed by atoms with Crippen molar-refractivity contribution in [1.29, 1.82) is 0 Å². The van der Waals surface area contributed by atoms with Crippen LogP contribution in [0.15, 0.2) is 23.1 Å². The van der Waals surface area contributed by atoms with Gasteiger partial charge in [0.25, 0.3) is 0 Å². The molecule has 1 fully saturated rings. The summed E-state index contributed by atoms with van der Waals surface area (Å²) in [6.45, 7) is 0.599. The Hall–Kier alpha value is -1.15. The van der Waals surface area contributed by atoms with Crippen LogP contribution in [0, 0.1) is 0 Å². The van der Waals surface area contributed by atoms with Crippen molar-refractivity contribution < 1.29 is 17.9 Å². The summed E-state index contributed by atoms with van der Waals surface area (Å²) >= 11 is 0. The molecule has 0 heterocycles. The van der Waals surface area contributed by atoms with Crippen LogP contribution in [0.4, 0.5) is 0 Å². The molecule has 0 amide bonds. The van der Waals surface area contributed by atoms with Crippen LogP contribution in [0.2, 0.25) is 0 Å². The van der Waals surface area contributed by atoms with Crippen LogP contribution in [0.5, 0.6) is 5.75 Å². The SMILES string of the molecule is CNCc1ccc(OC)c(S(=O)(=O)NC2CC(OC)C2)c1. The van der Waals surface area contributed by atoms with Gasteiger partial charge in [-0.3, -0.25) is 0 Å². The highest BCUT2D eigenvalue weighted by Crippen LogP contribution is 2.28. The summed E-state index contributed by atoms with van der Waals surface area (Å²) < 4.78 is 38.1. The molecule has 0 aliphatic heterocycles. The number of hydrogen-bond donors (Lipinski definition) is 2. The van der Waals surface area contributed by atoms with E-state index in [4.69, 9.17) is 9.47 Å². The van der Waals surface area contributed by atoms with Gasteiger partial charge in [-0.05, 0) is 37.6 Å². The summed E-state index contributed by atoms with van der Waals surface area (Å²) in [7, 11) is 1.33. The van der Waals surface area contributed by atoms with Gasteiger partial charge in [0, 0.05) is 19.7 Å². The van der Waals surface area contributed by atoms with Crippen LogP contribution in [0.3, 0.4) is 0 Å². The third kappa shape index (κ3) is 3.74. The van der Waals surface area contributed by atoms with Gasteiger partial charge in [0.15, 0.2) is 0 Å². The first-order chi connectivity index (χ1) is 10.00. The fourth-order valence-electron chi connectivity index (χ4n) is 2.38. The van der Waals surface area contributed by atoms with E-state index in [9.17, 15) is 8.42 Å². The van der Waals surface area contributed by atoms with Crippen LogP contribution < -0.4 is 14.8 Å². The van der Waals surface area contributed by atoms with Crippen molar-refractivity contribution in [1.82, 2.24) is 10.0 Å². The van der Waals surface area contributed by atoms with Gasteiger partial charge >= 0.3 is 0 Å². The molecule has 2 rings (SSSR count). The van der Waals surface area contributed by atoms with Crippen molar-refractivity contribution in [3.63, 3.8) is 0 Å². The molecule has 6 nitrogen and oxygen atoms in total. The van der Waals surface area contributed by atoms with Gasteiger partial charge in [-0.25, -0.2) is 13.1 Å². The maximum atomic E-state index is 12.5. The van der Waals surface area contributed by atoms with Crippen molar-refractivity contribution in [3.05, 3.63) is 23.8 Å². The van der Waals surface area contributed by atoms with E-state index < -0.39 is 10.0 Å². The third-order valence-corrected chi connectivity index (χ3v) is 5.19. The third-order valence-electron chi connectivity index (χ3n) is 3.65. The lowest BCUT2D eigenvalue weighted by Crippen LogP contribution is -2.47. The van der Waals surface area contributed by atoms with E-state index in [-0.39, 0.29) is 17.0 Å². The summed E-state index contributed by atoms with van der Waals surface area (Å²) in [5.41, 5.74) is 0.891. The van der Waals surface area contributed by atoms with Crippen molar-refractivity contribution in [2.24, 2.45) is 0 Å². The lowest BCUT2D eigenvalue weighted by molar-refractivity contribution is 0.0236. The fraction of sp³-hybridized carbons (Fsp3) is 0.571. The van der Waals surface area contributed by atoms with E-state index in [0.717, 1.165) is 5.56 Å². The molecule has 2 N–H and O–H groups in total. The zero-order chi connectivity index (χ0) is 15.5. The Bertz CT molecular complexity index is 583. The van der Waals surface area contributed by atoms with Crippen molar-refractivity contribution in [2.45, 2.75) is 36.4 Å². The molecule has 118 valence electrons. The Balaban J connectivity index is 2.19. The van der Waals surface area contributed by atoms with Crippen molar-refractivity contribution in [2.75, 3.05) is 21.3 Å². The Morgan fingerprint density at radius 1 is 1.29 bits per heavy atom. The summed E-state index contributed by atoms with van der Waals surface area (Å²) in [6, 6.07) is 5.10. The fourth-order valence-corrected chi connectivity index (χ4v) is 3.86. The zero-order valence-electron chi connectivity index (χ0n) is 12.5. The minimum Gasteiger partial charge on any atom is -0.495 e. The Kier molecular flexibility index (Phi) is 5.21. The maximum Gasteiger partial charge on any atom is 0.244 e. The van der Waals surface area contributed by atoms with Gasteiger partial charge in [0.05, 0.1) is 13.2 Å². The Morgan fingerprint density at radius 2 is 2.00 bits per heavy atom. The molecule has 1 aliphatic carbocycles. The number of hydrogen-bond acceptors (Lipinski definition) is 5. The van der Waals surface area contributed by atoms with Crippen LogP contribution >= 0.6 is 0 Å². The molecule has 0 atom stereocenters. The molecule has 1 aromatic rings. The molecule has 1 saturated carbocycles. The Labute approximate surface area is 125 Å². The standard InChI is InChI=1S/C14H22N2O4S/c1-15-9-10-4-5-13(20-3)14(6-10)21(17,18)16-11-7-12(8-11)19-2/h4-6,11-12,15-16H,7-9H2,1-3H3. The van der Waals surface area contributed by atoms with Gasteiger partial charge in [-0.15, -0.1) is 0 Å². The predicted octanol–water partition coefficient (Wildman–Crippen LogP) is 0.870. The monoisotopic (exact) mass is 314 g/mol. The number of methoxy groups -OCH3 is 2. The van der Waals surface area contributed by atoms with E-state index in [1.54, 1.807) is 19.2 Å². The summed E-state index contributed by atoms with van der Waals surface area (Å²) in [6.07, 6.45) is 1.55. The molecule has 7 heteroatoms. The summed E-state index contributed by atoms with van der Waals surface area (Å²) in [5, 5.41) is 3.00. The minimum absolute atomic E-state index is 0.0717. The zero-order valence-corrected chi connectivity index (χ0v) is 13.4. The lowest BCUT2D eigenvalue weighted by Gasteiger charge is -2.34. The predicted molar refractivity (Wildman–Crippen MR) is 79.9 cm³/mol. The number of rotatable bonds is 7. The maximum absolute atomic E-state index is 12.5. The molecule has 1 aliphatic rings. The summed E-state index contributed by atoms with van der Waals surface area (Å²) in [4.78, 5) is 0.179. The first-order valence-corrected chi connectivity index (χ1v) is 8.35. The Morgan fingerprint density at radius 3 is 2.57 bits per heavy atom. The van der Waals surface area contributed by atoms with Crippen LogP contribution in [0.25, 0.3) is 0 Å². The van der Waals surface area contributed by atoms with Crippen LogP contribution in [-0.2, 0) is 21.3 Å². The topological polar surface area (TPSA) is 76.7 Å². The molecule has 0 radical (unpaired) electrons. The van der Waals surface area contributed by atoms with E-state index in [0.29, 0.717) is 25.1 Å². The molecule has 0 aromatic heterocycles. The van der Waals surface area contributed by atoms with Gasteiger partial charge in [0.1, 0.15) is 10.6 Å². The van der Waals surface area contributed by atoms with Crippen molar-refractivity contribution in [3.8, 4) is 5.75 Å². The molecule has 1 aromatic carbocycles. The van der Waals surface area contributed by atoms with Gasteiger partial charge in [-0.1, -0.05) is 6.07 Å².